The summed E-state index contributed by atoms with van der Waals surface area (Å²) >= 11 is 0. The third-order valence-corrected chi connectivity index (χ3v) is 18.0. The third kappa shape index (κ3) is 7.11. The van der Waals surface area contributed by atoms with Gasteiger partial charge in [-0.2, -0.15) is 0 Å². The number of rotatable bonds is 9. The number of hydrogen-bond donors (Lipinski definition) is 0. The van der Waals surface area contributed by atoms with E-state index < -0.39 is 5.41 Å². The van der Waals surface area contributed by atoms with E-state index >= 15 is 0 Å². The van der Waals surface area contributed by atoms with Gasteiger partial charge in [-0.05, 0) is 174 Å². The van der Waals surface area contributed by atoms with E-state index in [1.165, 1.54) is 94.2 Å². The van der Waals surface area contributed by atoms with Gasteiger partial charge in [-0.3, -0.25) is 0 Å². The van der Waals surface area contributed by atoms with Crippen molar-refractivity contribution in [3.63, 3.8) is 0 Å². The Labute approximate surface area is 483 Å². The fourth-order valence-electron chi connectivity index (χ4n) is 14.6. The first-order chi connectivity index (χ1) is 41.2. The standard InChI is InChI=1S/C80H53N3/c1-5-22-53(23-6-1)55-40-42-60(43-41-55)81(58-27-9-3-10-28-58)62-48-57(54-24-7-2-8-25-54)49-63(51-62)82(75-39-21-35-65-64-31-14-13-26-56(64)50-69(65)75)61-44-46-76-70(52-61)79-77(83(76)59-29-11-4-12-30-59)47-45-74-78(79)68-34-17-20-38-73(68)80(74)71-36-18-15-32-66(71)67-33-16-19-37-72(67)80/h1-49,51-52H,50H2. The molecule has 0 atom stereocenters. The highest BCUT2D eigenvalue weighted by Gasteiger charge is 2.52. The summed E-state index contributed by atoms with van der Waals surface area (Å²) in [6.45, 7) is 0. The minimum absolute atomic E-state index is 0.488. The minimum Gasteiger partial charge on any atom is -0.310 e. The monoisotopic (exact) mass is 1060 g/mol. The average molecular weight is 1060 g/mol. The molecule has 17 rings (SSSR count). The van der Waals surface area contributed by atoms with Gasteiger partial charge in [-0.15, -0.1) is 0 Å². The highest BCUT2D eigenvalue weighted by molar-refractivity contribution is 6.20. The van der Waals surface area contributed by atoms with Gasteiger partial charge >= 0.3 is 0 Å². The van der Waals surface area contributed by atoms with Crippen molar-refractivity contribution in [2.24, 2.45) is 0 Å². The number of anilines is 6. The Morgan fingerprint density at radius 2 is 0.807 bits per heavy atom. The van der Waals surface area contributed by atoms with Gasteiger partial charge in [0.25, 0.3) is 0 Å². The fraction of sp³-hybridized carbons (Fsp3) is 0.0250. The Morgan fingerprint density at radius 3 is 1.49 bits per heavy atom. The summed E-state index contributed by atoms with van der Waals surface area (Å²) in [4.78, 5) is 4.98. The van der Waals surface area contributed by atoms with E-state index in [4.69, 9.17) is 0 Å². The van der Waals surface area contributed by atoms with E-state index in [2.05, 4.69) is 324 Å². The summed E-state index contributed by atoms with van der Waals surface area (Å²) in [5, 5.41) is 2.46. The molecule has 3 aliphatic rings. The molecule has 0 aliphatic heterocycles. The maximum Gasteiger partial charge on any atom is 0.0725 e. The molecular formula is C80H53N3. The Hall–Kier alpha value is -10.7. The van der Waals surface area contributed by atoms with Crippen molar-refractivity contribution < 1.29 is 0 Å². The topological polar surface area (TPSA) is 11.4 Å². The molecule has 3 heteroatoms. The number of nitrogens with zero attached hydrogens (tertiary/aromatic N) is 3. The Balaban J connectivity index is 0.955. The Bertz CT molecular complexity index is 4820. The Kier molecular flexibility index (Phi) is 10.6. The van der Waals surface area contributed by atoms with Crippen LogP contribution in [0.25, 0.3) is 83.1 Å². The maximum absolute atomic E-state index is 2.57. The Morgan fingerprint density at radius 1 is 0.301 bits per heavy atom. The lowest BCUT2D eigenvalue weighted by molar-refractivity contribution is 0.794. The first-order valence-electron chi connectivity index (χ1n) is 28.9. The van der Waals surface area contributed by atoms with Gasteiger partial charge in [-0.25, -0.2) is 0 Å². The second kappa shape index (κ2) is 18.7. The van der Waals surface area contributed by atoms with Crippen LogP contribution in [0, 0.1) is 0 Å². The smallest absolute Gasteiger partial charge is 0.0725 e. The van der Waals surface area contributed by atoms with Gasteiger partial charge in [0.05, 0.1) is 22.1 Å². The first-order valence-corrected chi connectivity index (χ1v) is 28.9. The van der Waals surface area contributed by atoms with Gasteiger partial charge in [0, 0.05) is 51.3 Å². The summed E-state index contributed by atoms with van der Waals surface area (Å²) in [6.07, 6.45) is 0.832. The van der Waals surface area contributed by atoms with Crippen LogP contribution in [0.5, 0.6) is 0 Å². The lowest BCUT2D eigenvalue weighted by Crippen LogP contribution is -2.25. The zero-order chi connectivity index (χ0) is 54.6. The molecule has 1 heterocycles. The molecule has 388 valence electrons. The van der Waals surface area contributed by atoms with Gasteiger partial charge in [-0.1, -0.05) is 224 Å². The molecule has 0 radical (unpaired) electrons. The van der Waals surface area contributed by atoms with Crippen LogP contribution < -0.4 is 9.80 Å². The fourth-order valence-corrected chi connectivity index (χ4v) is 14.6. The quantitative estimate of drug-likeness (QED) is 0.143. The van der Waals surface area contributed by atoms with Crippen molar-refractivity contribution in [1.82, 2.24) is 4.57 Å². The second-order valence-corrected chi connectivity index (χ2v) is 22.3. The van der Waals surface area contributed by atoms with Crippen LogP contribution in [0.3, 0.4) is 0 Å². The number of benzene rings is 13. The van der Waals surface area contributed by atoms with Crippen LogP contribution >= 0.6 is 0 Å². The van der Waals surface area contributed by atoms with Crippen LogP contribution in [-0.2, 0) is 11.8 Å². The minimum atomic E-state index is -0.488. The molecule has 1 spiro atoms. The van der Waals surface area contributed by atoms with E-state index in [1.807, 2.05) is 0 Å². The van der Waals surface area contributed by atoms with E-state index in [0.29, 0.717) is 0 Å². The van der Waals surface area contributed by atoms with E-state index in [-0.39, 0.29) is 0 Å². The summed E-state index contributed by atoms with van der Waals surface area (Å²) in [5.74, 6) is 0. The van der Waals surface area contributed by atoms with Crippen LogP contribution in [0.1, 0.15) is 33.4 Å². The largest absolute Gasteiger partial charge is 0.310 e. The molecule has 0 fully saturated rings. The molecule has 0 unspecified atom stereocenters. The molecule has 0 saturated carbocycles. The molecule has 3 nitrogen and oxygen atoms in total. The summed E-state index contributed by atoms with van der Waals surface area (Å²) < 4.78 is 2.50. The lowest BCUT2D eigenvalue weighted by atomic mass is 9.70. The first kappa shape index (κ1) is 47.1. The molecular weight excluding hydrogens is 1000 g/mol. The highest BCUT2D eigenvalue weighted by Crippen LogP contribution is 2.64. The number of hydrogen-bond acceptors (Lipinski definition) is 2. The number of para-hydroxylation sites is 2. The zero-order valence-corrected chi connectivity index (χ0v) is 45.5. The van der Waals surface area contributed by atoms with Crippen LogP contribution in [0.15, 0.2) is 309 Å². The van der Waals surface area contributed by atoms with E-state index in [9.17, 15) is 0 Å². The zero-order valence-electron chi connectivity index (χ0n) is 45.5. The molecule has 13 aromatic carbocycles. The van der Waals surface area contributed by atoms with Crippen LogP contribution in [0.2, 0.25) is 0 Å². The van der Waals surface area contributed by atoms with Crippen molar-refractivity contribution >= 4 is 55.9 Å². The van der Waals surface area contributed by atoms with Crippen LogP contribution in [0.4, 0.5) is 34.1 Å². The molecule has 0 amide bonds. The molecule has 83 heavy (non-hydrogen) atoms. The summed E-state index contributed by atoms with van der Waals surface area (Å²) in [7, 11) is 0. The molecule has 0 saturated heterocycles. The lowest BCUT2D eigenvalue weighted by Gasteiger charge is -2.31. The van der Waals surface area contributed by atoms with Crippen molar-refractivity contribution in [3.05, 3.63) is 343 Å². The molecule has 1 aromatic heterocycles. The second-order valence-electron chi connectivity index (χ2n) is 22.3. The van der Waals surface area contributed by atoms with Crippen molar-refractivity contribution in [2.75, 3.05) is 9.80 Å². The van der Waals surface area contributed by atoms with Gasteiger partial charge < -0.3 is 14.4 Å². The van der Waals surface area contributed by atoms with Crippen molar-refractivity contribution in [3.8, 4) is 61.3 Å². The van der Waals surface area contributed by atoms with E-state index in [0.717, 1.165) is 62.9 Å². The number of aromatic nitrogens is 1. The predicted octanol–water partition coefficient (Wildman–Crippen LogP) is 21.0. The molecule has 3 aliphatic carbocycles. The van der Waals surface area contributed by atoms with Gasteiger partial charge in [0.1, 0.15) is 0 Å². The van der Waals surface area contributed by atoms with Gasteiger partial charge in [0.15, 0.2) is 0 Å². The summed E-state index contributed by atoms with van der Waals surface area (Å²) in [6, 6.07) is 115. The molecule has 0 bridgehead atoms. The molecule has 0 N–H and O–H groups in total. The summed E-state index contributed by atoms with van der Waals surface area (Å²) in [5.41, 5.74) is 29.9. The van der Waals surface area contributed by atoms with Crippen molar-refractivity contribution in [2.45, 2.75) is 11.8 Å². The molecule has 14 aromatic rings. The normalized spacial score (nSPS) is 12.9. The average Bonchev–Trinajstić information content (AvgIpc) is 2.28. The van der Waals surface area contributed by atoms with Crippen molar-refractivity contribution in [1.29, 1.82) is 0 Å². The maximum atomic E-state index is 2.57. The van der Waals surface area contributed by atoms with Crippen LogP contribution in [-0.4, -0.2) is 4.57 Å². The van der Waals surface area contributed by atoms with E-state index in [1.54, 1.807) is 0 Å². The predicted molar refractivity (Wildman–Crippen MR) is 346 cm³/mol. The SMILES string of the molecule is c1ccc(-c2ccc(N(c3ccccc3)c3cc(-c4ccccc4)cc(N(c4ccc5c(c4)c4c6c(ccc4n5-c4ccccc4)C4(c5ccccc5-c5ccccc54)c4ccccc4-6)c4cccc5c4Cc4ccccc4-5)c3)cc2)cc1. The third-order valence-electron chi connectivity index (χ3n) is 18.0. The van der Waals surface area contributed by atoms with Gasteiger partial charge in [0.2, 0.25) is 0 Å². The highest BCUT2D eigenvalue weighted by atomic mass is 15.2. The number of fused-ring (bicyclic) bond motifs is 17.